The Bertz CT molecular complexity index is 441. The molecule has 0 spiro atoms. The molecule has 5 nitrogen and oxygen atoms in total. The first-order chi connectivity index (χ1) is 7.72. The highest BCUT2D eigenvalue weighted by molar-refractivity contribution is 5.39. The summed E-state index contributed by atoms with van der Waals surface area (Å²) in [4.78, 5) is 2.55. The maximum absolute atomic E-state index is 9.82. The van der Waals surface area contributed by atoms with Gasteiger partial charge in [0, 0.05) is 4.91 Å². The zero-order valence-corrected chi connectivity index (χ0v) is 8.74. The Hall–Kier alpha value is -1.55. The second-order valence-corrected chi connectivity index (χ2v) is 3.95. The van der Waals surface area contributed by atoms with Crippen LogP contribution in [0.4, 0.5) is 0 Å². The molecule has 0 saturated carbocycles. The summed E-state index contributed by atoms with van der Waals surface area (Å²) in [5.74, 6) is 0. The van der Waals surface area contributed by atoms with Crippen molar-refractivity contribution >= 4 is 0 Å². The SMILES string of the molecule is [N-]=[N+]=NCC(O)C(O)c1ccc2c(c1)CC2. The van der Waals surface area contributed by atoms with Gasteiger partial charge in [-0.05, 0) is 35.1 Å². The summed E-state index contributed by atoms with van der Waals surface area (Å²) >= 11 is 0. The number of aliphatic hydroxyl groups excluding tert-OH is 2. The number of hydrogen-bond acceptors (Lipinski definition) is 3. The van der Waals surface area contributed by atoms with Crippen LogP contribution in [0.5, 0.6) is 0 Å². The third-order valence-electron chi connectivity index (χ3n) is 2.93. The van der Waals surface area contributed by atoms with Crippen LogP contribution in [-0.4, -0.2) is 22.9 Å². The highest BCUT2D eigenvalue weighted by Gasteiger charge is 2.20. The van der Waals surface area contributed by atoms with E-state index in [9.17, 15) is 10.2 Å². The number of azide groups is 1. The summed E-state index contributed by atoms with van der Waals surface area (Å²) in [5.41, 5.74) is 11.3. The van der Waals surface area contributed by atoms with Gasteiger partial charge in [-0.1, -0.05) is 23.3 Å². The number of aliphatic hydroxyl groups is 2. The molecule has 1 aromatic rings. The second kappa shape index (κ2) is 4.53. The lowest BCUT2D eigenvalue weighted by molar-refractivity contribution is 0.0243. The van der Waals surface area contributed by atoms with Crippen molar-refractivity contribution in [2.24, 2.45) is 5.11 Å². The van der Waals surface area contributed by atoms with Gasteiger partial charge in [0.2, 0.25) is 0 Å². The fraction of sp³-hybridized carbons (Fsp3) is 0.455. The van der Waals surface area contributed by atoms with E-state index in [0.717, 1.165) is 12.8 Å². The van der Waals surface area contributed by atoms with Gasteiger partial charge in [0.25, 0.3) is 0 Å². The van der Waals surface area contributed by atoms with E-state index in [1.165, 1.54) is 11.1 Å². The molecule has 1 aromatic carbocycles. The third-order valence-corrected chi connectivity index (χ3v) is 2.93. The van der Waals surface area contributed by atoms with Gasteiger partial charge in [0.15, 0.2) is 0 Å². The van der Waals surface area contributed by atoms with E-state index in [4.69, 9.17) is 5.53 Å². The van der Waals surface area contributed by atoms with Gasteiger partial charge in [-0.15, -0.1) is 0 Å². The molecule has 2 atom stereocenters. The molecule has 2 unspecified atom stereocenters. The summed E-state index contributed by atoms with van der Waals surface area (Å²) in [6.45, 7) is -0.116. The molecule has 84 valence electrons. The lowest BCUT2D eigenvalue weighted by Gasteiger charge is -2.22. The third kappa shape index (κ3) is 2.02. The maximum Gasteiger partial charge on any atom is 0.105 e. The first-order valence-electron chi connectivity index (χ1n) is 5.21. The molecule has 1 aliphatic rings. The van der Waals surface area contributed by atoms with Crippen LogP contribution < -0.4 is 0 Å². The van der Waals surface area contributed by atoms with Gasteiger partial charge in [-0.25, -0.2) is 0 Å². The minimum atomic E-state index is -1.05. The van der Waals surface area contributed by atoms with Crippen LogP contribution in [0.25, 0.3) is 10.4 Å². The van der Waals surface area contributed by atoms with Crippen molar-refractivity contribution in [3.8, 4) is 0 Å². The number of fused-ring (bicyclic) bond motifs is 1. The molecule has 16 heavy (non-hydrogen) atoms. The van der Waals surface area contributed by atoms with E-state index < -0.39 is 12.2 Å². The normalized spacial score (nSPS) is 16.6. The highest BCUT2D eigenvalue weighted by Crippen LogP contribution is 2.27. The molecule has 0 saturated heterocycles. The van der Waals surface area contributed by atoms with E-state index in [2.05, 4.69) is 10.0 Å². The summed E-state index contributed by atoms with van der Waals surface area (Å²) in [7, 11) is 0. The first kappa shape index (κ1) is 11.0. The van der Waals surface area contributed by atoms with E-state index in [0.29, 0.717) is 5.56 Å². The van der Waals surface area contributed by atoms with Crippen LogP contribution in [0.15, 0.2) is 23.3 Å². The van der Waals surface area contributed by atoms with Crippen molar-refractivity contribution in [2.75, 3.05) is 6.54 Å². The minimum Gasteiger partial charge on any atom is -0.390 e. The predicted molar refractivity (Wildman–Crippen MR) is 58.8 cm³/mol. The molecule has 0 radical (unpaired) electrons. The maximum atomic E-state index is 9.82. The van der Waals surface area contributed by atoms with Gasteiger partial charge in [0.05, 0.1) is 12.6 Å². The summed E-state index contributed by atoms with van der Waals surface area (Å²) in [6.07, 6.45) is 0.0837. The predicted octanol–water partition coefficient (Wildman–Crippen LogP) is 1.49. The molecule has 1 aliphatic carbocycles. The van der Waals surface area contributed by atoms with Crippen LogP contribution in [0.3, 0.4) is 0 Å². The van der Waals surface area contributed by atoms with Crippen LogP contribution in [-0.2, 0) is 12.8 Å². The smallest absolute Gasteiger partial charge is 0.105 e. The molecule has 2 rings (SSSR count). The van der Waals surface area contributed by atoms with Gasteiger partial charge in [0.1, 0.15) is 6.10 Å². The molecular formula is C11H13N3O2. The first-order valence-corrected chi connectivity index (χ1v) is 5.21. The number of nitrogens with zero attached hydrogens (tertiary/aromatic N) is 3. The van der Waals surface area contributed by atoms with Crippen molar-refractivity contribution in [3.63, 3.8) is 0 Å². The molecule has 2 N–H and O–H groups in total. The average molecular weight is 219 g/mol. The Morgan fingerprint density at radius 2 is 2.06 bits per heavy atom. The van der Waals surface area contributed by atoms with Crippen molar-refractivity contribution in [1.29, 1.82) is 0 Å². The Morgan fingerprint density at radius 1 is 1.31 bits per heavy atom. The molecule has 0 aliphatic heterocycles. The Labute approximate surface area is 93.0 Å². The van der Waals surface area contributed by atoms with Gasteiger partial charge in [-0.3, -0.25) is 0 Å². The summed E-state index contributed by atoms with van der Waals surface area (Å²) in [6, 6.07) is 5.68. The zero-order valence-electron chi connectivity index (χ0n) is 8.74. The molecule has 0 fully saturated rings. The molecule has 0 aromatic heterocycles. The number of rotatable bonds is 4. The monoisotopic (exact) mass is 219 g/mol. The molecule has 5 heteroatoms. The Kier molecular flexibility index (Phi) is 3.10. The average Bonchev–Trinajstić information content (AvgIpc) is 2.26. The van der Waals surface area contributed by atoms with Crippen LogP contribution in [0, 0.1) is 0 Å². The second-order valence-electron chi connectivity index (χ2n) is 3.95. The highest BCUT2D eigenvalue weighted by atomic mass is 16.3. The molecular weight excluding hydrogens is 206 g/mol. The van der Waals surface area contributed by atoms with E-state index in [-0.39, 0.29) is 6.54 Å². The van der Waals surface area contributed by atoms with Crippen molar-refractivity contribution in [3.05, 3.63) is 45.3 Å². The quantitative estimate of drug-likeness (QED) is 0.456. The van der Waals surface area contributed by atoms with Crippen LogP contribution in [0.1, 0.15) is 22.8 Å². The van der Waals surface area contributed by atoms with Crippen LogP contribution >= 0.6 is 0 Å². The van der Waals surface area contributed by atoms with E-state index >= 15 is 0 Å². The lowest BCUT2D eigenvalue weighted by atomic mass is 9.86. The molecule has 0 amide bonds. The Morgan fingerprint density at radius 3 is 2.62 bits per heavy atom. The molecule has 0 heterocycles. The van der Waals surface area contributed by atoms with Gasteiger partial charge < -0.3 is 10.2 Å². The van der Waals surface area contributed by atoms with Crippen molar-refractivity contribution in [2.45, 2.75) is 25.0 Å². The van der Waals surface area contributed by atoms with Gasteiger partial charge in [-0.2, -0.15) is 0 Å². The summed E-state index contributed by atoms with van der Waals surface area (Å²) in [5, 5.41) is 22.6. The minimum absolute atomic E-state index is 0.116. The standard InChI is InChI=1S/C11H13N3O2/c12-14-13-6-10(15)11(16)9-4-2-7-1-3-8(7)5-9/h2,4-5,10-11,15-16H,1,3,6H2. The molecule has 0 bridgehead atoms. The number of benzene rings is 1. The van der Waals surface area contributed by atoms with Gasteiger partial charge >= 0.3 is 0 Å². The number of hydrogen-bond donors (Lipinski definition) is 2. The topological polar surface area (TPSA) is 89.2 Å². The summed E-state index contributed by atoms with van der Waals surface area (Å²) < 4.78 is 0. The largest absolute Gasteiger partial charge is 0.390 e. The fourth-order valence-corrected chi connectivity index (χ4v) is 1.84. The van der Waals surface area contributed by atoms with E-state index in [1.807, 2.05) is 18.2 Å². The fourth-order valence-electron chi connectivity index (χ4n) is 1.84. The zero-order chi connectivity index (χ0) is 11.5. The van der Waals surface area contributed by atoms with Crippen molar-refractivity contribution in [1.82, 2.24) is 0 Å². The Balaban J connectivity index is 2.10. The van der Waals surface area contributed by atoms with Crippen molar-refractivity contribution < 1.29 is 10.2 Å². The lowest BCUT2D eigenvalue weighted by Crippen LogP contribution is -2.22. The van der Waals surface area contributed by atoms with Crippen LogP contribution in [0.2, 0.25) is 0 Å². The van der Waals surface area contributed by atoms with E-state index in [1.54, 1.807) is 0 Å². The number of aryl methyl sites for hydroxylation is 2.